The van der Waals surface area contributed by atoms with Gasteiger partial charge in [0.05, 0.1) is 5.69 Å². The van der Waals surface area contributed by atoms with Gasteiger partial charge in [-0.25, -0.2) is 4.99 Å². The van der Waals surface area contributed by atoms with Crippen LogP contribution in [0.3, 0.4) is 0 Å². The van der Waals surface area contributed by atoms with Gasteiger partial charge in [0, 0.05) is 16.1 Å². The number of halogens is 2. The van der Waals surface area contributed by atoms with Crippen LogP contribution in [0, 0.1) is 10.1 Å². The van der Waals surface area contributed by atoms with E-state index in [1.165, 1.54) is 30.3 Å². The van der Waals surface area contributed by atoms with E-state index < -0.39 is 23.4 Å². The van der Waals surface area contributed by atoms with Crippen molar-refractivity contribution >= 4 is 17.2 Å². The van der Waals surface area contributed by atoms with Crippen molar-refractivity contribution in [3.05, 3.63) is 69.8 Å². The molecule has 6 nitrogen and oxygen atoms in total. The number of ether oxygens (including phenoxy) is 1. The summed E-state index contributed by atoms with van der Waals surface area (Å²) in [4.78, 5) is 26.9. The van der Waals surface area contributed by atoms with Crippen LogP contribution < -0.4 is 4.74 Å². The Bertz CT molecular complexity index is 834. The zero-order chi connectivity index (χ0) is 17.3. The highest BCUT2D eigenvalue weighted by molar-refractivity contribution is 6.30. The first-order valence-electron chi connectivity index (χ1n) is 6.88. The number of nitro groups is 1. The van der Waals surface area contributed by atoms with Gasteiger partial charge < -0.3 is 4.74 Å². The number of nitrogens with zero attached hydrogens (tertiary/aromatic N) is 2. The van der Waals surface area contributed by atoms with E-state index in [2.05, 4.69) is 9.73 Å². The topological polar surface area (TPSA) is 81.8 Å². The van der Waals surface area contributed by atoms with Crippen molar-refractivity contribution < 1.29 is 23.2 Å². The van der Waals surface area contributed by atoms with Gasteiger partial charge in [-0.2, -0.15) is 8.78 Å². The summed E-state index contributed by atoms with van der Waals surface area (Å²) in [5, 5.41) is 11.3. The summed E-state index contributed by atoms with van der Waals surface area (Å²) in [6.45, 7) is -2.94. The van der Waals surface area contributed by atoms with E-state index in [0.717, 1.165) is 0 Å². The fourth-order valence-corrected chi connectivity index (χ4v) is 2.50. The summed E-state index contributed by atoms with van der Waals surface area (Å²) in [6.07, 6.45) is 0. The molecule has 0 N–H and O–H groups in total. The molecule has 3 rings (SSSR count). The van der Waals surface area contributed by atoms with Crippen LogP contribution in [0.5, 0.6) is 5.75 Å². The molecule has 1 unspecified atom stereocenters. The summed E-state index contributed by atoms with van der Waals surface area (Å²) in [5.41, 5.74) is 0.971. The number of hydrogen-bond donors (Lipinski definition) is 0. The molecular weight excluding hydrogens is 322 g/mol. The zero-order valence-corrected chi connectivity index (χ0v) is 12.1. The van der Waals surface area contributed by atoms with Crippen molar-refractivity contribution in [3.8, 4) is 5.75 Å². The van der Waals surface area contributed by atoms with Crippen LogP contribution in [0.25, 0.3) is 0 Å². The standard InChI is InChI=1S/C16H10F2N2O4/c17-16(18)24-10-7-5-9(6-8-10)19-13-11-3-1-2-4-12(11)15(21)14(13)20(22)23/h1-8,14,16H. The number of benzene rings is 2. The predicted molar refractivity (Wildman–Crippen MR) is 80.8 cm³/mol. The first-order valence-corrected chi connectivity index (χ1v) is 6.88. The Morgan fingerprint density at radius 3 is 2.29 bits per heavy atom. The van der Waals surface area contributed by atoms with E-state index in [1.807, 2.05) is 0 Å². The first-order chi connectivity index (χ1) is 11.5. The predicted octanol–water partition coefficient (Wildman–Crippen LogP) is 3.25. The van der Waals surface area contributed by atoms with Gasteiger partial charge >= 0.3 is 12.7 Å². The van der Waals surface area contributed by atoms with E-state index >= 15 is 0 Å². The zero-order valence-electron chi connectivity index (χ0n) is 12.1. The highest BCUT2D eigenvalue weighted by Crippen LogP contribution is 2.28. The third kappa shape index (κ3) is 2.85. The van der Waals surface area contributed by atoms with Crippen LogP contribution in [0.4, 0.5) is 14.5 Å². The molecule has 0 fully saturated rings. The molecule has 0 heterocycles. The minimum Gasteiger partial charge on any atom is -0.435 e. The highest BCUT2D eigenvalue weighted by Gasteiger charge is 2.45. The maximum Gasteiger partial charge on any atom is 0.387 e. The van der Waals surface area contributed by atoms with Gasteiger partial charge in [-0.3, -0.25) is 14.9 Å². The molecule has 0 bridgehead atoms. The molecule has 0 spiro atoms. The number of hydrogen-bond acceptors (Lipinski definition) is 5. The van der Waals surface area contributed by atoms with E-state index in [4.69, 9.17) is 0 Å². The van der Waals surface area contributed by atoms with Crippen molar-refractivity contribution in [1.29, 1.82) is 0 Å². The molecule has 1 aliphatic rings. The monoisotopic (exact) mass is 332 g/mol. The Morgan fingerprint density at radius 2 is 1.71 bits per heavy atom. The van der Waals surface area contributed by atoms with Gasteiger partial charge in [0.25, 0.3) is 0 Å². The number of ketones is 1. The minimum absolute atomic E-state index is 0.0307. The molecule has 2 aromatic rings. The number of fused-ring (bicyclic) bond motifs is 1. The summed E-state index contributed by atoms with van der Waals surface area (Å²) in [6, 6.07) is 10.1. The smallest absolute Gasteiger partial charge is 0.387 e. The molecule has 0 saturated heterocycles. The molecular formula is C16H10F2N2O4. The molecule has 1 aliphatic carbocycles. The fourth-order valence-electron chi connectivity index (χ4n) is 2.50. The third-order valence-electron chi connectivity index (χ3n) is 3.50. The Morgan fingerprint density at radius 1 is 1.08 bits per heavy atom. The molecule has 1 atom stereocenters. The molecule has 24 heavy (non-hydrogen) atoms. The molecule has 0 aliphatic heterocycles. The fraction of sp³-hybridized carbons (Fsp3) is 0.125. The number of rotatable bonds is 4. The molecule has 2 aromatic carbocycles. The number of carbonyl (C=O) groups excluding carboxylic acids is 1. The van der Waals surface area contributed by atoms with Crippen LogP contribution in [0.1, 0.15) is 15.9 Å². The van der Waals surface area contributed by atoms with Gasteiger partial charge in [0.15, 0.2) is 0 Å². The van der Waals surface area contributed by atoms with Crippen molar-refractivity contribution in [1.82, 2.24) is 0 Å². The van der Waals surface area contributed by atoms with E-state index in [0.29, 0.717) is 11.3 Å². The maximum atomic E-state index is 12.2. The third-order valence-corrected chi connectivity index (χ3v) is 3.50. The Labute approximate surface area is 134 Å². The highest BCUT2D eigenvalue weighted by atomic mass is 19.3. The van der Waals surface area contributed by atoms with Crippen LogP contribution >= 0.6 is 0 Å². The summed E-state index contributed by atoms with van der Waals surface area (Å²) in [7, 11) is 0. The van der Waals surface area contributed by atoms with E-state index in [1.54, 1.807) is 18.2 Å². The largest absolute Gasteiger partial charge is 0.435 e. The number of aliphatic imine (C=N–C) groups is 1. The second kappa shape index (κ2) is 6.15. The first kappa shape index (κ1) is 15.7. The van der Waals surface area contributed by atoms with E-state index in [9.17, 15) is 23.7 Å². The Hall–Kier alpha value is -3.16. The lowest BCUT2D eigenvalue weighted by atomic mass is 10.1. The number of alkyl halides is 2. The lowest BCUT2D eigenvalue weighted by molar-refractivity contribution is -0.485. The minimum atomic E-state index is -2.94. The summed E-state index contributed by atoms with van der Waals surface area (Å²) >= 11 is 0. The maximum absolute atomic E-state index is 12.2. The second-order valence-corrected chi connectivity index (χ2v) is 4.97. The van der Waals surface area contributed by atoms with Gasteiger partial charge in [-0.1, -0.05) is 24.3 Å². The summed E-state index contributed by atoms with van der Waals surface area (Å²) in [5.74, 6) is -0.672. The van der Waals surface area contributed by atoms with Crippen molar-refractivity contribution in [2.45, 2.75) is 12.7 Å². The van der Waals surface area contributed by atoms with Gasteiger partial charge in [0.1, 0.15) is 11.5 Å². The van der Waals surface area contributed by atoms with E-state index in [-0.39, 0.29) is 17.0 Å². The molecule has 8 heteroatoms. The summed E-state index contributed by atoms with van der Waals surface area (Å²) < 4.78 is 28.5. The van der Waals surface area contributed by atoms with Crippen molar-refractivity contribution in [2.24, 2.45) is 4.99 Å². The Kier molecular flexibility index (Phi) is 4.03. The average molecular weight is 332 g/mol. The van der Waals surface area contributed by atoms with Gasteiger partial charge in [-0.05, 0) is 24.3 Å². The lowest BCUT2D eigenvalue weighted by Gasteiger charge is -2.05. The van der Waals surface area contributed by atoms with Crippen molar-refractivity contribution in [2.75, 3.05) is 0 Å². The van der Waals surface area contributed by atoms with Crippen LogP contribution in [0.2, 0.25) is 0 Å². The molecule has 0 amide bonds. The molecule has 122 valence electrons. The van der Waals surface area contributed by atoms with Crippen LogP contribution in [-0.2, 0) is 0 Å². The molecule has 0 saturated carbocycles. The average Bonchev–Trinajstić information content (AvgIpc) is 2.82. The second-order valence-electron chi connectivity index (χ2n) is 4.97. The van der Waals surface area contributed by atoms with Crippen LogP contribution in [0.15, 0.2) is 53.5 Å². The van der Waals surface area contributed by atoms with Crippen LogP contribution in [-0.4, -0.2) is 29.1 Å². The normalized spacial score (nSPS) is 18.0. The lowest BCUT2D eigenvalue weighted by Crippen LogP contribution is -2.31. The Balaban J connectivity index is 2.01. The number of carbonyl (C=O) groups is 1. The number of Topliss-reactive ketones (excluding diaryl/α,β-unsaturated/α-hetero) is 1. The molecule has 0 radical (unpaired) electrons. The van der Waals surface area contributed by atoms with Gasteiger partial charge in [-0.15, -0.1) is 0 Å². The van der Waals surface area contributed by atoms with Crippen molar-refractivity contribution in [3.63, 3.8) is 0 Å². The molecule has 0 aromatic heterocycles. The quantitative estimate of drug-likeness (QED) is 0.636. The van der Waals surface area contributed by atoms with Gasteiger partial charge in [0.2, 0.25) is 5.78 Å². The SMILES string of the molecule is O=C1c2ccccc2C(=Nc2ccc(OC(F)F)cc2)C1[N+](=O)[O-].